The third kappa shape index (κ3) is 4.21. The summed E-state index contributed by atoms with van der Waals surface area (Å²) in [6.07, 6.45) is 1.91. The van der Waals surface area contributed by atoms with Gasteiger partial charge in [0.05, 0.1) is 11.0 Å². The molecule has 8 heteroatoms. The maximum Gasteiger partial charge on any atom is 0.238 e. The van der Waals surface area contributed by atoms with Gasteiger partial charge < -0.3 is 11.1 Å². The Morgan fingerprint density at radius 3 is 2.35 bits per heavy atom. The number of hydrogen-bond donors (Lipinski definition) is 3. The summed E-state index contributed by atoms with van der Waals surface area (Å²) in [7, 11) is -3.70. The van der Waals surface area contributed by atoms with Crippen molar-refractivity contribution in [3.05, 3.63) is 0 Å². The maximum absolute atomic E-state index is 11.7. The Bertz CT molecular complexity index is 417. The molecule has 0 aliphatic heterocycles. The van der Waals surface area contributed by atoms with E-state index in [0.717, 1.165) is 12.8 Å². The lowest BCUT2D eigenvalue weighted by Crippen LogP contribution is -2.49. The summed E-state index contributed by atoms with van der Waals surface area (Å²) >= 11 is 4.62. The first kappa shape index (κ1) is 14.3. The summed E-state index contributed by atoms with van der Waals surface area (Å²) < 4.78 is 25.7. The zero-order valence-electron chi connectivity index (χ0n) is 9.76. The third-order valence-corrected chi connectivity index (χ3v) is 4.89. The molecule has 1 rings (SSSR count). The summed E-state index contributed by atoms with van der Waals surface area (Å²) in [6.45, 7) is 2.87. The zero-order valence-corrected chi connectivity index (χ0v) is 11.4. The number of nitrogens with one attached hydrogen (secondary N) is 2. The quantitative estimate of drug-likeness (QED) is 0.555. The molecule has 1 fully saturated rings. The van der Waals surface area contributed by atoms with Gasteiger partial charge in [0.25, 0.3) is 0 Å². The van der Waals surface area contributed by atoms with Crippen LogP contribution in [-0.4, -0.2) is 36.6 Å². The number of nitrogens with two attached hydrogens (primary N) is 1. The molecule has 0 aromatic heterocycles. The first-order valence-corrected chi connectivity index (χ1v) is 7.30. The highest BCUT2D eigenvalue weighted by Crippen LogP contribution is 2.18. The summed E-state index contributed by atoms with van der Waals surface area (Å²) in [5.41, 5.74) is 5.28. The first-order valence-electron chi connectivity index (χ1n) is 5.35. The van der Waals surface area contributed by atoms with Crippen LogP contribution in [0.2, 0.25) is 0 Å². The highest BCUT2D eigenvalue weighted by atomic mass is 32.2. The van der Waals surface area contributed by atoms with E-state index in [4.69, 9.17) is 5.73 Å². The average molecular weight is 279 g/mol. The molecule has 4 N–H and O–H groups in total. The van der Waals surface area contributed by atoms with Gasteiger partial charge >= 0.3 is 0 Å². The highest BCUT2D eigenvalue weighted by Gasteiger charge is 2.30. The van der Waals surface area contributed by atoms with Crippen LogP contribution in [0.25, 0.3) is 0 Å². The van der Waals surface area contributed by atoms with E-state index in [1.54, 1.807) is 0 Å². The number of rotatable bonds is 6. The summed E-state index contributed by atoms with van der Waals surface area (Å²) in [4.78, 5) is 11.4. The van der Waals surface area contributed by atoms with E-state index in [0.29, 0.717) is 0 Å². The number of carbonyl (C=O) groups excluding carboxylic acids is 1. The molecular formula is C9H17N3O3S2. The van der Waals surface area contributed by atoms with Gasteiger partial charge in [0.15, 0.2) is 0 Å². The molecular weight excluding hydrogens is 262 g/mol. The van der Waals surface area contributed by atoms with Crippen LogP contribution >= 0.6 is 12.2 Å². The van der Waals surface area contributed by atoms with Crippen LogP contribution in [0, 0.1) is 0 Å². The minimum absolute atomic E-state index is 0.118. The number of carbonyl (C=O) groups is 1. The molecule has 2 unspecified atom stereocenters. The van der Waals surface area contributed by atoms with Gasteiger partial charge in [-0.25, -0.2) is 13.1 Å². The van der Waals surface area contributed by atoms with Crippen molar-refractivity contribution in [3.63, 3.8) is 0 Å². The van der Waals surface area contributed by atoms with Crippen molar-refractivity contribution in [2.24, 2.45) is 5.73 Å². The molecule has 17 heavy (non-hydrogen) atoms. The van der Waals surface area contributed by atoms with Crippen LogP contribution < -0.4 is 15.8 Å². The molecule has 1 aliphatic rings. The standard InChI is InChI=1S/C9H17N3O3S2/c1-5(9(13)11-7-3-4-7)12-17(14,15)6(2)8(10)16/h5-7,12H,3-4H2,1-2H3,(H2,10,16)(H,11,13). The predicted octanol–water partition coefficient (Wildman–Crippen LogP) is -0.752. The van der Waals surface area contributed by atoms with Gasteiger partial charge in [-0.15, -0.1) is 0 Å². The fraction of sp³-hybridized carbons (Fsp3) is 0.778. The van der Waals surface area contributed by atoms with Crippen molar-refractivity contribution < 1.29 is 13.2 Å². The van der Waals surface area contributed by atoms with E-state index >= 15 is 0 Å². The normalized spacial score (nSPS) is 19.4. The van der Waals surface area contributed by atoms with Gasteiger partial charge in [-0.1, -0.05) is 12.2 Å². The van der Waals surface area contributed by atoms with Crippen molar-refractivity contribution in [2.75, 3.05) is 0 Å². The Labute approximate surface area is 106 Å². The number of hydrogen-bond acceptors (Lipinski definition) is 4. The zero-order chi connectivity index (χ0) is 13.2. The maximum atomic E-state index is 11.7. The van der Waals surface area contributed by atoms with Crippen molar-refractivity contribution >= 4 is 33.1 Å². The van der Waals surface area contributed by atoms with E-state index in [1.165, 1.54) is 13.8 Å². The smallest absolute Gasteiger partial charge is 0.238 e. The predicted molar refractivity (Wildman–Crippen MR) is 68.9 cm³/mol. The van der Waals surface area contributed by atoms with Gasteiger partial charge in [0.2, 0.25) is 15.9 Å². The molecule has 0 saturated heterocycles. The Kier molecular flexibility index (Phi) is 4.45. The lowest BCUT2D eigenvalue weighted by molar-refractivity contribution is -0.122. The van der Waals surface area contributed by atoms with Crippen LogP contribution in [0.4, 0.5) is 0 Å². The molecule has 1 amide bonds. The minimum Gasteiger partial charge on any atom is -0.392 e. The monoisotopic (exact) mass is 279 g/mol. The second-order valence-electron chi connectivity index (χ2n) is 4.21. The summed E-state index contributed by atoms with van der Waals surface area (Å²) in [6, 6.07) is -0.625. The molecule has 0 aromatic rings. The fourth-order valence-electron chi connectivity index (χ4n) is 1.11. The second-order valence-corrected chi connectivity index (χ2v) is 6.72. The largest absolute Gasteiger partial charge is 0.392 e. The molecule has 0 aromatic carbocycles. The van der Waals surface area contributed by atoms with Crippen LogP contribution in [0.3, 0.4) is 0 Å². The van der Waals surface area contributed by atoms with Crippen LogP contribution in [0.15, 0.2) is 0 Å². The molecule has 0 heterocycles. The van der Waals surface area contributed by atoms with Crippen molar-refractivity contribution in [2.45, 2.75) is 44.0 Å². The topological polar surface area (TPSA) is 101 Å². The number of sulfonamides is 1. The lowest BCUT2D eigenvalue weighted by Gasteiger charge is -2.17. The average Bonchev–Trinajstić information content (AvgIpc) is 2.99. The number of amides is 1. The second kappa shape index (κ2) is 5.28. The van der Waals surface area contributed by atoms with Crippen LogP contribution in [0.5, 0.6) is 0 Å². The molecule has 1 saturated carbocycles. The van der Waals surface area contributed by atoms with Gasteiger partial charge in [0.1, 0.15) is 5.25 Å². The Morgan fingerprint density at radius 2 is 1.94 bits per heavy atom. The minimum atomic E-state index is -3.70. The Balaban J connectivity index is 2.56. The third-order valence-electron chi connectivity index (χ3n) is 2.52. The lowest BCUT2D eigenvalue weighted by atomic mass is 10.3. The molecule has 0 bridgehead atoms. The Hall–Kier alpha value is -0.730. The van der Waals surface area contributed by atoms with E-state index in [2.05, 4.69) is 22.3 Å². The van der Waals surface area contributed by atoms with Crippen molar-refractivity contribution in [1.82, 2.24) is 10.0 Å². The van der Waals surface area contributed by atoms with E-state index < -0.39 is 21.3 Å². The van der Waals surface area contributed by atoms with Gasteiger partial charge in [0, 0.05) is 6.04 Å². The van der Waals surface area contributed by atoms with Gasteiger partial charge in [-0.05, 0) is 26.7 Å². The van der Waals surface area contributed by atoms with Crippen LogP contribution in [-0.2, 0) is 14.8 Å². The summed E-state index contributed by atoms with van der Waals surface area (Å²) in [5.74, 6) is -0.328. The fourth-order valence-corrected chi connectivity index (χ4v) is 2.60. The molecule has 0 radical (unpaired) electrons. The highest BCUT2D eigenvalue weighted by molar-refractivity contribution is 7.93. The number of thiocarbonyl (C=S) groups is 1. The SMILES string of the molecule is CC(NS(=O)(=O)C(C)C(N)=S)C(=O)NC1CC1. The first-order chi connectivity index (χ1) is 7.74. The molecule has 1 aliphatic carbocycles. The van der Waals surface area contributed by atoms with Gasteiger partial charge in [-0.2, -0.15) is 0 Å². The summed E-state index contributed by atoms with van der Waals surface area (Å²) in [5, 5.41) is 1.72. The van der Waals surface area contributed by atoms with Crippen LogP contribution in [0.1, 0.15) is 26.7 Å². The van der Waals surface area contributed by atoms with E-state index in [9.17, 15) is 13.2 Å². The van der Waals surface area contributed by atoms with E-state index in [-0.39, 0.29) is 16.9 Å². The Morgan fingerprint density at radius 1 is 1.41 bits per heavy atom. The van der Waals surface area contributed by atoms with Gasteiger partial charge in [-0.3, -0.25) is 4.79 Å². The van der Waals surface area contributed by atoms with Crippen molar-refractivity contribution in [1.29, 1.82) is 0 Å². The molecule has 0 spiro atoms. The van der Waals surface area contributed by atoms with E-state index in [1.807, 2.05) is 0 Å². The van der Waals surface area contributed by atoms with Crippen molar-refractivity contribution in [3.8, 4) is 0 Å². The molecule has 2 atom stereocenters. The molecule has 98 valence electrons. The molecule has 6 nitrogen and oxygen atoms in total.